The van der Waals surface area contributed by atoms with E-state index < -0.39 is 23.7 Å². The Morgan fingerprint density at radius 2 is 1.77 bits per heavy atom. The molecule has 2 amide bonds. The van der Waals surface area contributed by atoms with Gasteiger partial charge in [0.1, 0.15) is 35.4 Å². The number of carbonyl (C=O) groups excluding carboxylic acids is 2. The molecule has 0 fully saturated rings. The lowest BCUT2D eigenvalue weighted by molar-refractivity contribution is -0.127. The average molecular weight is 534 g/mol. The van der Waals surface area contributed by atoms with E-state index in [4.69, 9.17) is 9.47 Å². The third-order valence-electron chi connectivity index (χ3n) is 6.33. The van der Waals surface area contributed by atoms with E-state index in [9.17, 15) is 14.0 Å². The Morgan fingerprint density at radius 3 is 2.46 bits per heavy atom. The molecule has 0 aliphatic carbocycles. The van der Waals surface area contributed by atoms with E-state index in [2.05, 4.69) is 29.5 Å². The number of hydrogen-bond acceptors (Lipinski definition) is 6. The summed E-state index contributed by atoms with van der Waals surface area (Å²) in [7, 11) is 2.99. The molecular formula is C29H32FN5O4. The molecule has 204 valence electrons. The Morgan fingerprint density at radius 1 is 1.03 bits per heavy atom. The number of ether oxygens (including phenoxy) is 2. The summed E-state index contributed by atoms with van der Waals surface area (Å²) in [6, 6.07) is 16.7. The minimum atomic E-state index is -1.14. The lowest BCUT2D eigenvalue weighted by Crippen LogP contribution is -2.45. The van der Waals surface area contributed by atoms with E-state index in [1.54, 1.807) is 24.3 Å². The molecule has 0 bridgehead atoms. The molecule has 0 saturated heterocycles. The number of aromatic nitrogens is 3. The second kappa shape index (κ2) is 12.4. The highest BCUT2D eigenvalue weighted by Gasteiger charge is 2.35. The lowest BCUT2D eigenvalue weighted by atomic mass is 10.0. The lowest BCUT2D eigenvalue weighted by Gasteiger charge is -2.32. The monoisotopic (exact) mass is 533 g/mol. The minimum absolute atomic E-state index is 0.210. The Bertz CT molecular complexity index is 1440. The van der Waals surface area contributed by atoms with Gasteiger partial charge in [0, 0.05) is 12.6 Å². The average Bonchev–Trinajstić information content (AvgIpc) is 3.34. The zero-order valence-electron chi connectivity index (χ0n) is 22.4. The summed E-state index contributed by atoms with van der Waals surface area (Å²) in [6.45, 7) is 4.32. The number of amides is 2. The minimum Gasteiger partial charge on any atom is -0.497 e. The summed E-state index contributed by atoms with van der Waals surface area (Å²) >= 11 is 0. The summed E-state index contributed by atoms with van der Waals surface area (Å²) in [5, 5.41) is 11.3. The molecule has 0 radical (unpaired) electrons. The van der Waals surface area contributed by atoms with Crippen LogP contribution in [0.5, 0.6) is 11.5 Å². The molecule has 9 nitrogen and oxygen atoms in total. The molecule has 1 aromatic heterocycles. The third-order valence-corrected chi connectivity index (χ3v) is 6.33. The second-order valence-corrected chi connectivity index (χ2v) is 9.46. The first-order valence-electron chi connectivity index (χ1n) is 12.7. The molecule has 1 atom stereocenters. The van der Waals surface area contributed by atoms with E-state index in [0.717, 1.165) is 6.42 Å². The summed E-state index contributed by atoms with van der Waals surface area (Å²) in [6.07, 6.45) is 0.753. The Kier molecular flexibility index (Phi) is 8.75. The number of benzene rings is 3. The molecular weight excluding hydrogens is 501 g/mol. The number of nitrogens with zero attached hydrogens (tertiary/aromatic N) is 4. The first-order chi connectivity index (χ1) is 18.8. The predicted octanol–water partition coefficient (Wildman–Crippen LogP) is 4.52. The standard InChI is InChI=1S/C29H32FN5O4/c1-19(2)15-16-31-29(37)28(20-9-11-21(30)12-10-20)35(25-17-22(38-3)13-14-26(25)39-4)27(36)18-34-24-8-6-5-7-23(24)32-33-34/h5-14,17,19,28H,15-16,18H2,1-4H3,(H,31,37). The van der Waals surface area contributed by atoms with Crippen molar-refractivity contribution in [3.05, 3.63) is 78.1 Å². The van der Waals surface area contributed by atoms with Gasteiger partial charge in [-0.15, -0.1) is 5.10 Å². The van der Waals surface area contributed by atoms with Gasteiger partial charge in [0.05, 0.1) is 25.4 Å². The Balaban J connectivity index is 1.84. The fourth-order valence-electron chi connectivity index (χ4n) is 4.28. The van der Waals surface area contributed by atoms with Crippen LogP contribution in [0, 0.1) is 11.7 Å². The fraction of sp³-hybridized carbons (Fsp3) is 0.310. The number of carbonyl (C=O) groups is 2. The van der Waals surface area contributed by atoms with Crippen molar-refractivity contribution in [3.63, 3.8) is 0 Å². The normalized spacial score (nSPS) is 11.8. The van der Waals surface area contributed by atoms with E-state index in [1.165, 1.54) is 48.1 Å². The molecule has 1 N–H and O–H groups in total. The number of halogens is 1. The number of para-hydroxylation sites is 1. The highest BCUT2D eigenvalue weighted by atomic mass is 19.1. The maximum absolute atomic E-state index is 14.2. The number of fused-ring (bicyclic) bond motifs is 1. The SMILES string of the molecule is COc1ccc(OC)c(N(C(=O)Cn2nnc3ccccc32)C(C(=O)NCCC(C)C)c2ccc(F)cc2)c1. The van der Waals surface area contributed by atoms with Crippen LogP contribution in [0.15, 0.2) is 66.7 Å². The van der Waals surface area contributed by atoms with Crippen LogP contribution < -0.4 is 19.7 Å². The molecule has 1 unspecified atom stereocenters. The number of rotatable bonds is 11. The van der Waals surface area contributed by atoms with Crippen LogP contribution in [-0.4, -0.2) is 47.6 Å². The molecule has 0 spiro atoms. The third kappa shape index (κ3) is 6.34. The van der Waals surface area contributed by atoms with Gasteiger partial charge in [-0.1, -0.05) is 43.3 Å². The van der Waals surface area contributed by atoms with Crippen LogP contribution in [0.4, 0.5) is 10.1 Å². The predicted molar refractivity (Wildman–Crippen MR) is 146 cm³/mol. The van der Waals surface area contributed by atoms with Gasteiger partial charge >= 0.3 is 0 Å². The quantitative estimate of drug-likeness (QED) is 0.304. The van der Waals surface area contributed by atoms with Crippen molar-refractivity contribution in [1.29, 1.82) is 0 Å². The van der Waals surface area contributed by atoms with Gasteiger partial charge in [0.2, 0.25) is 11.8 Å². The maximum atomic E-state index is 14.2. The number of anilines is 1. The van der Waals surface area contributed by atoms with Gasteiger partial charge < -0.3 is 14.8 Å². The van der Waals surface area contributed by atoms with Crippen molar-refractivity contribution < 1.29 is 23.5 Å². The molecule has 0 aliphatic rings. The van der Waals surface area contributed by atoms with Crippen molar-refractivity contribution in [2.75, 3.05) is 25.7 Å². The highest BCUT2D eigenvalue weighted by molar-refractivity contribution is 6.02. The molecule has 1 heterocycles. The number of methoxy groups -OCH3 is 2. The van der Waals surface area contributed by atoms with Crippen molar-refractivity contribution in [2.24, 2.45) is 5.92 Å². The van der Waals surface area contributed by atoms with Crippen molar-refractivity contribution in [1.82, 2.24) is 20.3 Å². The largest absolute Gasteiger partial charge is 0.497 e. The number of nitrogens with one attached hydrogen (secondary N) is 1. The zero-order valence-corrected chi connectivity index (χ0v) is 22.4. The van der Waals surface area contributed by atoms with Crippen LogP contribution >= 0.6 is 0 Å². The van der Waals surface area contributed by atoms with Crippen LogP contribution in [0.25, 0.3) is 11.0 Å². The molecule has 0 aliphatic heterocycles. The first kappa shape index (κ1) is 27.6. The van der Waals surface area contributed by atoms with E-state index in [0.29, 0.717) is 46.2 Å². The highest BCUT2D eigenvalue weighted by Crippen LogP contribution is 2.38. The smallest absolute Gasteiger partial charge is 0.249 e. The van der Waals surface area contributed by atoms with Gasteiger partial charge in [-0.2, -0.15) is 0 Å². The van der Waals surface area contributed by atoms with Crippen molar-refractivity contribution in [2.45, 2.75) is 32.9 Å². The summed E-state index contributed by atoms with van der Waals surface area (Å²) in [5.74, 6) is -0.132. The fourth-order valence-corrected chi connectivity index (χ4v) is 4.28. The molecule has 4 rings (SSSR count). The molecule has 10 heteroatoms. The zero-order chi connectivity index (χ0) is 27.9. The van der Waals surface area contributed by atoms with Gasteiger partial charge in [-0.05, 0) is 54.3 Å². The maximum Gasteiger partial charge on any atom is 0.249 e. The topological polar surface area (TPSA) is 98.6 Å². The van der Waals surface area contributed by atoms with Gasteiger partial charge in [0.15, 0.2) is 0 Å². The van der Waals surface area contributed by atoms with Crippen LogP contribution in [0.3, 0.4) is 0 Å². The number of hydrogen-bond donors (Lipinski definition) is 1. The van der Waals surface area contributed by atoms with Crippen LogP contribution in [0.1, 0.15) is 31.9 Å². The van der Waals surface area contributed by atoms with Crippen LogP contribution in [0.2, 0.25) is 0 Å². The first-order valence-corrected chi connectivity index (χ1v) is 12.7. The summed E-state index contributed by atoms with van der Waals surface area (Å²) in [5.41, 5.74) is 2.06. The van der Waals surface area contributed by atoms with Crippen molar-refractivity contribution >= 4 is 28.5 Å². The van der Waals surface area contributed by atoms with E-state index >= 15 is 0 Å². The molecule has 39 heavy (non-hydrogen) atoms. The Hall–Kier alpha value is -4.47. The van der Waals surface area contributed by atoms with Gasteiger partial charge in [-0.25, -0.2) is 9.07 Å². The summed E-state index contributed by atoms with van der Waals surface area (Å²) in [4.78, 5) is 29.3. The van der Waals surface area contributed by atoms with Crippen LogP contribution in [-0.2, 0) is 16.1 Å². The van der Waals surface area contributed by atoms with Gasteiger partial charge in [0.25, 0.3) is 0 Å². The molecule has 0 saturated carbocycles. The Labute approximate surface area is 226 Å². The van der Waals surface area contributed by atoms with E-state index in [1.807, 2.05) is 18.2 Å². The summed E-state index contributed by atoms with van der Waals surface area (Å²) < 4.78 is 26.4. The molecule has 4 aromatic rings. The second-order valence-electron chi connectivity index (χ2n) is 9.46. The van der Waals surface area contributed by atoms with Crippen molar-refractivity contribution in [3.8, 4) is 11.5 Å². The van der Waals surface area contributed by atoms with Gasteiger partial charge in [-0.3, -0.25) is 14.5 Å². The van der Waals surface area contributed by atoms with E-state index in [-0.39, 0.29) is 6.54 Å². The molecule has 3 aromatic carbocycles.